The van der Waals surface area contributed by atoms with E-state index in [-0.39, 0.29) is 6.10 Å². The number of hydrogen-bond acceptors (Lipinski definition) is 3. The number of aromatic carboxylic acids is 1. The molecule has 0 fully saturated rings. The van der Waals surface area contributed by atoms with Gasteiger partial charge in [0, 0.05) is 24.1 Å². The highest BCUT2D eigenvalue weighted by molar-refractivity contribution is 5.91. The van der Waals surface area contributed by atoms with Crippen molar-refractivity contribution in [3.63, 3.8) is 0 Å². The molecule has 118 valence electrons. The lowest BCUT2D eigenvalue weighted by Gasteiger charge is -2.19. The third-order valence-corrected chi connectivity index (χ3v) is 3.99. The molecule has 23 heavy (non-hydrogen) atoms. The highest BCUT2D eigenvalue weighted by Gasteiger charge is 2.19. The first-order valence-electron chi connectivity index (χ1n) is 7.42. The summed E-state index contributed by atoms with van der Waals surface area (Å²) in [5.41, 5.74) is 3.78. The summed E-state index contributed by atoms with van der Waals surface area (Å²) in [5.74, 6) is -0.922. The van der Waals surface area contributed by atoms with Crippen molar-refractivity contribution in [2.24, 2.45) is 0 Å². The maximum Gasteiger partial charge on any atom is 0.336 e. The average Bonchev–Trinajstić information content (AvgIpc) is 3.00. The minimum Gasteiger partial charge on any atom is -0.478 e. The molecule has 0 saturated heterocycles. The molecule has 3 aromatic heterocycles. The van der Waals surface area contributed by atoms with E-state index < -0.39 is 5.97 Å². The van der Waals surface area contributed by atoms with Crippen molar-refractivity contribution in [2.45, 2.75) is 26.6 Å². The average molecular weight is 310 g/mol. The summed E-state index contributed by atoms with van der Waals surface area (Å²) in [6.07, 6.45) is 5.14. The van der Waals surface area contributed by atoms with E-state index in [1.807, 2.05) is 48.7 Å². The number of hydrogen-bond donors (Lipinski definition) is 1. The van der Waals surface area contributed by atoms with Crippen LogP contribution in [0.1, 0.15) is 40.2 Å². The Hall–Kier alpha value is -2.66. The molecule has 3 rings (SSSR count). The number of aromatic nitrogens is 2. The Balaban J connectivity index is 1.95. The van der Waals surface area contributed by atoms with Crippen LogP contribution in [0.25, 0.3) is 5.52 Å². The number of pyridine rings is 2. The lowest BCUT2D eigenvalue weighted by atomic mass is 10.0. The van der Waals surface area contributed by atoms with E-state index in [2.05, 4.69) is 4.98 Å². The Morgan fingerprint density at radius 3 is 2.78 bits per heavy atom. The Kier molecular flexibility index (Phi) is 4.12. The molecule has 1 unspecified atom stereocenters. The molecule has 0 aliphatic heterocycles. The van der Waals surface area contributed by atoms with Gasteiger partial charge in [-0.05, 0) is 55.3 Å². The van der Waals surface area contributed by atoms with Gasteiger partial charge in [0.2, 0.25) is 0 Å². The maximum atomic E-state index is 11.5. The van der Waals surface area contributed by atoms with E-state index in [1.165, 1.54) is 0 Å². The summed E-state index contributed by atoms with van der Waals surface area (Å²) in [6.45, 7) is 4.21. The van der Waals surface area contributed by atoms with Crippen LogP contribution in [0.15, 0.2) is 48.9 Å². The molecule has 0 aliphatic rings. The molecular weight excluding hydrogens is 292 g/mol. The van der Waals surface area contributed by atoms with Crippen LogP contribution >= 0.6 is 0 Å². The van der Waals surface area contributed by atoms with E-state index in [0.29, 0.717) is 12.2 Å². The second kappa shape index (κ2) is 6.22. The topological polar surface area (TPSA) is 63.8 Å². The Morgan fingerprint density at radius 2 is 2.09 bits per heavy atom. The first-order valence-corrected chi connectivity index (χ1v) is 7.42. The van der Waals surface area contributed by atoms with E-state index in [9.17, 15) is 9.90 Å². The summed E-state index contributed by atoms with van der Waals surface area (Å²) < 4.78 is 7.95. The quantitative estimate of drug-likeness (QED) is 0.782. The standard InChI is InChI=1S/C18H18N2O3/c1-12-16(18(21)22)10-15-4-3-9-20(15)17(12)13(2)23-11-14-5-7-19-8-6-14/h3-10,13H,11H2,1-2H3,(H,21,22). The van der Waals surface area contributed by atoms with Gasteiger partial charge < -0.3 is 14.2 Å². The molecule has 3 heterocycles. The van der Waals surface area contributed by atoms with Crippen molar-refractivity contribution in [1.29, 1.82) is 0 Å². The molecule has 5 nitrogen and oxygen atoms in total. The fourth-order valence-corrected chi connectivity index (χ4v) is 2.81. The lowest BCUT2D eigenvalue weighted by molar-refractivity contribution is 0.0483. The van der Waals surface area contributed by atoms with E-state index in [0.717, 1.165) is 22.3 Å². The Morgan fingerprint density at radius 1 is 1.35 bits per heavy atom. The van der Waals surface area contributed by atoms with Gasteiger partial charge in [-0.1, -0.05) is 0 Å². The first kappa shape index (κ1) is 15.2. The van der Waals surface area contributed by atoms with Gasteiger partial charge in [-0.25, -0.2) is 4.79 Å². The first-order chi connectivity index (χ1) is 11.1. The molecule has 0 aliphatic carbocycles. The third kappa shape index (κ3) is 2.96. The molecule has 5 heteroatoms. The number of nitrogens with zero attached hydrogens (tertiary/aromatic N) is 2. The van der Waals surface area contributed by atoms with Crippen molar-refractivity contribution >= 4 is 11.5 Å². The van der Waals surface area contributed by atoms with Crippen LogP contribution in [0.2, 0.25) is 0 Å². The highest BCUT2D eigenvalue weighted by Crippen LogP contribution is 2.27. The molecule has 0 saturated carbocycles. The smallest absolute Gasteiger partial charge is 0.336 e. The molecule has 1 atom stereocenters. The Bertz CT molecular complexity index is 840. The molecule has 0 radical (unpaired) electrons. The van der Waals surface area contributed by atoms with Crippen LogP contribution in [-0.4, -0.2) is 20.5 Å². The van der Waals surface area contributed by atoms with Crippen LogP contribution in [0.3, 0.4) is 0 Å². The van der Waals surface area contributed by atoms with Gasteiger partial charge in [0.1, 0.15) is 0 Å². The minimum atomic E-state index is -0.922. The summed E-state index contributed by atoms with van der Waals surface area (Å²) in [4.78, 5) is 15.5. The monoisotopic (exact) mass is 310 g/mol. The molecule has 3 aromatic rings. The van der Waals surface area contributed by atoms with Crippen molar-refractivity contribution < 1.29 is 14.6 Å². The van der Waals surface area contributed by atoms with Crippen LogP contribution < -0.4 is 0 Å². The van der Waals surface area contributed by atoms with Crippen LogP contribution in [0, 0.1) is 6.92 Å². The predicted molar refractivity (Wildman–Crippen MR) is 86.5 cm³/mol. The third-order valence-electron chi connectivity index (χ3n) is 3.99. The molecule has 1 N–H and O–H groups in total. The summed E-state index contributed by atoms with van der Waals surface area (Å²) >= 11 is 0. The molecule has 0 spiro atoms. The second-order valence-electron chi connectivity index (χ2n) is 5.49. The summed E-state index contributed by atoms with van der Waals surface area (Å²) in [5, 5.41) is 9.42. The summed E-state index contributed by atoms with van der Waals surface area (Å²) in [7, 11) is 0. The molecule has 0 amide bonds. The maximum absolute atomic E-state index is 11.5. The van der Waals surface area contributed by atoms with Gasteiger partial charge in [0.25, 0.3) is 0 Å². The number of ether oxygens (including phenoxy) is 1. The lowest BCUT2D eigenvalue weighted by Crippen LogP contribution is -2.12. The van der Waals surface area contributed by atoms with Gasteiger partial charge in [-0.2, -0.15) is 0 Å². The minimum absolute atomic E-state index is 0.239. The van der Waals surface area contributed by atoms with E-state index in [1.54, 1.807) is 18.5 Å². The van der Waals surface area contributed by atoms with Gasteiger partial charge in [0.05, 0.1) is 24.0 Å². The number of carboxylic acid groups (broad SMARTS) is 1. The van der Waals surface area contributed by atoms with Crippen molar-refractivity contribution in [1.82, 2.24) is 9.38 Å². The fourth-order valence-electron chi connectivity index (χ4n) is 2.81. The number of rotatable bonds is 5. The number of carbonyl (C=O) groups is 1. The van der Waals surface area contributed by atoms with Crippen molar-refractivity contribution in [3.05, 3.63) is 71.3 Å². The van der Waals surface area contributed by atoms with Crippen LogP contribution in [0.4, 0.5) is 0 Å². The summed E-state index contributed by atoms with van der Waals surface area (Å²) in [6, 6.07) is 9.29. The molecule has 0 aromatic carbocycles. The van der Waals surface area contributed by atoms with E-state index >= 15 is 0 Å². The van der Waals surface area contributed by atoms with Gasteiger partial charge in [-0.15, -0.1) is 0 Å². The predicted octanol–water partition coefficient (Wildman–Crippen LogP) is 3.62. The normalized spacial score (nSPS) is 12.4. The second-order valence-corrected chi connectivity index (χ2v) is 5.49. The van der Waals surface area contributed by atoms with Gasteiger partial charge in [-0.3, -0.25) is 4.98 Å². The SMILES string of the molecule is Cc1c(C(=O)O)cc2cccn2c1C(C)OCc1ccncc1. The molecular formula is C18H18N2O3. The van der Waals surface area contributed by atoms with Gasteiger partial charge in [0.15, 0.2) is 0 Å². The Labute approximate surface area is 134 Å². The van der Waals surface area contributed by atoms with Crippen LogP contribution in [-0.2, 0) is 11.3 Å². The fraction of sp³-hybridized carbons (Fsp3) is 0.222. The molecule has 0 bridgehead atoms. The van der Waals surface area contributed by atoms with E-state index in [4.69, 9.17) is 4.74 Å². The van der Waals surface area contributed by atoms with Crippen molar-refractivity contribution in [2.75, 3.05) is 0 Å². The largest absolute Gasteiger partial charge is 0.478 e. The number of fused-ring (bicyclic) bond motifs is 1. The van der Waals surface area contributed by atoms with Crippen LogP contribution in [0.5, 0.6) is 0 Å². The zero-order valence-electron chi connectivity index (χ0n) is 13.1. The van der Waals surface area contributed by atoms with Crippen molar-refractivity contribution in [3.8, 4) is 0 Å². The van der Waals surface area contributed by atoms with Gasteiger partial charge >= 0.3 is 5.97 Å². The zero-order chi connectivity index (χ0) is 16.4. The highest BCUT2D eigenvalue weighted by atomic mass is 16.5. The number of carboxylic acids is 1. The zero-order valence-corrected chi connectivity index (χ0v) is 13.1.